The van der Waals surface area contributed by atoms with Crippen molar-refractivity contribution in [1.29, 1.82) is 0 Å². The van der Waals surface area contributed by atoms with Crippen molar-refractivity contribution in [3.05, 3.63) is 0 Å². The van der Waals surface area contributed by atoms with Gasteiger partial charge in [-0.1, -0.05) is 0 Å². The summed E-state index contributed by atoms with van der Waals surface area (Å²) in [5.41, 5.74) is 0. The van der Waals surface area contributed by atoms with Crippen LogP contribution in [0.1, 0.15) is 0 Å². The largest absolute Gasteiger partial charge is 1.00 e. The summed E-state index contributed by atoms with van der Waals surface area (Å²) in [6.07, 6.45) is -2.33. The number of hydrogen-bond donors (Lipinski definition) is 1. The van der Waals surface area contributed by atoms with Gasteiger partial charge in [-0.05, 0) is 6.16 Å². The van der Waals surface area contributed by atoms with E-state index in [2.05, 4.69) is 4.89 Å². The van der Waals surface area contributed by atoms with Crippen molar-refractivity contribution >= 4 is 12.6 Å². The van der Waals surface area contributed by atoms with Gasteiger partial charge in [-0.2, -0.15) is 0 Å². The molecule has 10 heavy (non-hydrogen) atoms. The maximum absolute atomic E-state index is 8.70. The second kappa shape index (κ2) is 22.6. The van der Waals surface area contributed by atoms with E-state index in [9.17, 15) is 0 Å². The Labute approximate surface area is 101 Å². The van der Waals surface area contributed by atoms with Crippen LogP contribution in [0.2, 0.25) is 0 Å². The minimum Gasteiger partial charge on any atom is -0.652 e. The zero-order valence-corrected chi connectivity index (χ0v) is 9.57. The molecule has 0 aromatic heterocycles. The first kappa shape index (κ1) is 22.4. The average Bonchev–Trinajstić information content (AvgIpc) is 1.65. The van der Waals surface area contributed by atoms with Gasteiger partial charge in [0, 0.05) is 0 Å². The zero-order chi connectivity index (χ0) is 6.99. The van der Waals surface area contributed by atoms with E-state index in [0.717, 1.165) is 0 Å². The molecule has 0 rings (SSSR count). The van der Waals surface area contributed by atoms with Crippen LogP contribution < -0.4 is 69.3 Å². The molecule has 0 aliphatic carbocycles. The van der Waals surface area contributed by atoms with E-state index in [1.807, 2.05) is 0 Å². The molecule has 8 heteroatoms. The summed E-state index contributed by atoms with van der Waals surface area (Å²) in [6, 6.07) is 0. The predicted molar refractivity (Wildman–Crippen MR) is 15.2 cm³/mol. The SMILES string of the molecule is O=C([O-])[O-].O=COO.[Na+].[Na+]. The molecule has 0 aliphatic heterocycles. The quantitative estimate of drug-likeness (QED) is 0.180. The molecule has 0 fully saturated rings. The Kier molecular flexibility index (Phi) is 50.7. The van der Waals surface area contributed by atoms with Crippen molar-refractivity contribution in [3.8, 4) is 0 Å². The van der Waals surface area contributed by atoms with Crippen LogP contribution in [0.3, 0.4) is 0 Å². The molecule has 48 valence electrons. The van der Waals surface area contributed by atoms with E-state index in [4.69, 9.17) is 25.1 Å². The number of hydrogen-bond acceptors (Lipinski definition) is 6. The first-order valence-corrected chi connectivity index (χ1v) is 1.27. The summed E-state index contributed by atoms with van der Waals surface area (Å²) in [5, 5.41) is 23.7. The molecule has 0 amide bonds. The summed E-state index contributed by atoms with van der Waals surface area (Å²) in [6.45, 7) is -0.0694. The van der Waals surface area contributed by atoms with E-state index in [0.29, 0.717) is 0 Å². The van der Waals surface area contributed by atoms with Gasteiger partial charge in [0.05, 0.1) is 0 Å². The normalized spacial score (nSPS) is 4.50. The first-order chi connectivity index (χ1) is 3.65. The van der Waals surface area contributed by atoms with Crippen LogP contribution in [0, 0.1) is 0 Å². The van der Waals surface area contributed by atoms with E-state index in [1.54, 1.807) is 0 Å². The zero-order valence-electron chi connectivity index (χ0n) is 5.57. The van der Waals surface area contributed by atoms with Gasteiger partial charge in [0.2, 0.25) is 0 Å². The van der Waals surface area contributed by atoms with Crippen LogP contribution in [0.4, 0.5) is 4.79 Å². The monoisotopic (exact) mass is 168 g/mol. The van der Waals surface area contributed by atoms with Gasteiger partial charge in [-0.25, -0.2) is 5.26 Å². The van der Waals surface area contributed by atoms with Crippen molar-refractivity contribution in [2.45, 2.75) is 0 Å². The standard InChI is InChI=1S/2CH2O3.2Na/c2-1-4-3;2-1(3)4;;/h1,3H;(H2,2,3,4);;/q;;2*+1/p-2. The Bertz CT molecular complexity index is 70.1. The number of carboxylic acid groups (broad SMARTS) is 2. The molecule has 0 atom stereocenters. The van der Waals surface area contributed by atoms with Crippen molar-refractivity contribution in [2.75, 3.05) is 0 Å². The summed E-state index contributed by atoms with van der Waals surface area (Å²) in [4.78, 5) is 19.9. The molecule has 0 aromatic carbocycles. The molecule has 0 saturated heterocycles. The van der Waals surface area contributed by atoms with E-state index in [-0.39, 0.29) is 65.6 Å². The number of carbonyl (C=O) groups excluding carboxylic acids is 2. The second-order valence-corrected chi connectivity index (χ2v) is 0.452. The third-order valence-electron chi connectivity index (χ3n) is 0.0430. The molecule has 0 spiro atoms. The molecule has 0 aliphatic rings. The van der Waals surface area contributed by atoms with Gasteiger partial charge < -0.3 is 19.9 Å². The van der Waals surface area contributed by atoms with Gasteiger partial charge in [-0.15, -0.1) is 0 Å². The van der Waals surface area contributed by atoms with Crippen LogP contribution in [0.5, 0.6) is 0 Å². The minimum absolute atomic E-state index is 0. The van der Waals surface area contributed by atoms with Crippen molar-refractivity contribution in [3.63, 3.8) is 0 Å². The molecule has 1 N–H and O–H groups in total. The molecule has 0 bridgehead atoms. The Balaban J connectivity index is -0.0000000300. The van der Waals surface area contributed by atoms with Gasteiger partial charge in [-0.3, -0.25) is 4.79 Å². The van der Waals surface area contributed by atoms with Crippen molar-refractivity contribution < 1.29 is 89.1 Å². The third-order valence-corrected chi connectivity index (χ3v) is 0.0430. The minimum atomic E-state index is -2.33. The van der Waals surface area contributed by atoms with Gasteiger partial charge >= 0.3 is 65.6 Å². The molecular formula is C2H2Na2O6. The predicted octanol–water partition coefficient (Wildman–Crippen LogP) is -8.81. The van der Waals surface area contributed by atoms with Gasteiger partial charge in [0.25, 0.3) is 0 Å². The fraction of sp³-hybridized carbons (Fsp3) is 0. The first-order valence-electron chi connectivity index (χ1n) is 1.27. The van der Waals surface area contributed by atoms with Gasteiger partial charge in [0.1, 0.15) is 0 Å². The van der Waals surface area contributed by atoms with Crippen LogP contribution in [-0.4, -0.2) is 17.9 Å². The fourth-order valence-electron chi connectivity index (χ4n) is 0. The van der Waals surface area contributed by atoms with Crippen LogP contribution in [-0.2, 0) is 9.68 Å². The Hall–Kier alpha value is 0.700. The Morgan fingerprint density at radius 2 is 1.50 bits per heavy atom. The summed E-state index contributed by atoms with van der Waals surface area (Å²) < 4.78 is 0. The topological polar surface area (TPSA) is 110 Å². The summed E-state index contributed by atoms with van der Waals surface area (Å²) >= 11 is 0. The van der Waals surface area contributed by atoms with Crippen molar-refractivity contribution in [2.24, 2.45) is 0 Å². The van der Waals surface area contributed by atoms with Crippen LogP contribution in [0.25, 0.3) is 0 Å². The number of carbonyl (C=O) groups is 2. The van der Waals surface area contributed by atoms with E-state index < -0.39 is 6.16 Å². The molecule has 0 saturated carbocycles. The Morgan fingerprint density at radius 1 is 1.40 bits per heavy atom. The maximum atomic E-state index is 8.70. The van der Waals surface area contributed by atoms with Crippen LogP contribution >= 0.6 is 0 Å². The average molecular weight is 168 g/mol. The maximum Gasteiger partial charge on any atom is 1.00 e. The second-order valence-electron chi connectivity index (χ2n) is 0.452. The van der Waals surface area contributed by atoms with E-state index >= 15 is 0 Å². The molecular weight excluding hydrogens is 166 g/mol. The number of rotatable bonds is 1. The summed E-state index contributed by atoms with van der Waals surface area (Å²) in [5.74, 6) is 0. The Morgan fingerprint density at radius 3 is 1.50 bits per heavy atom. The van der Waals surface area contributed by atoms with Crippen molar-refractivity contribution in [1.82, 2.24) is 0 Å². The molecule has 0 heterocycles. The fourth-order valence-corrected chi connectivity index (χ4v) is 0. The van der Waals surface area contributed by atoms with E-state index in [1.165, 1.54) is 0 Å². The smallest absolute Gasteiger partial charge is 0.652 e. The summed E-state index contributed by atoms with van der Waals surface area (Å²) in [7, 11) is 0. The molecule has 0 radical (unpaired) electrons. The molecule has 0 aromatic rings. The molecule has 0 unspecified atom stereocenters. The van der Waals surface area contributed by atoms with Gasteiger partial charge in [0.15, 0.2) is 0 Å². The third kappa shape index (κ3) is 178. The molecule has 6 nitrogen and oxygen atoms in total. The van der Waals surface area contributed by atoms with Crippen LogP contribution in [0.15, 0.2) is 0 Å².